The van der Waals surface area contributed by atoms with Gasteiger partial charge in [0.2, 0.25) is 0 Å². The van der Waals surface area contributed by atoms with Crippen LogP contribution in [0.15, 0.2) is 30.3 Å². The van der Waals surface area contributed by atoms with Gasteiger partial charge in [0.25, 0.3) is 0 Å². The van der Waals surface area contributed by atoms with Crippen LogP contribution in [-0.2, 0) is 9.53 Å². The molecule has 0 fully saturated rings. The number of carbonyl (C=O) groups is 1. The lowest BCUT2D eigenvalue weighted by molar-refractivity contribution is -0.875. The van der Waals surface area contributed by atoms with Gasteiger partial charge in [-0.05, 0) is 38.8 Å². The molecule has 0 unspecified atom stereocenters. The van der Waals surface area contributed by atoms with Crippen LogP contribution in [-0.4, -0.2) is 43.2 Å². The Morgan fingerprint density at radius 1 is 1.19 bits per heavy atom. The maximum absolute atomic E-state index is 11.8. The van der Waals surface area contributed by atoms with Crippen molar-refractivity contribution in [3.63, 3.8) is 0 Å². The van der Waals surface area contributed by atoms with Gasteiger partial charge >= 0.3 is 5.97 Å². The molecule has 1 rings (SSSR count). The van der Waals surface area contributed by atoms with Gasteiger partial charge in [0, 0.05) is 5.56 Å². The van der Waals surface area contributed by atoms with E-state index in [1.54, 1.807) is 0 Å². The number of hydrogen-bond donors (Lipinski definition) is 0. The summed E-state index contributed by atoms with van der Waals surface area (Å²) in [7, 11) is 3.95. The Hall–Kier alpha value is -1.31. The normalized spacial score (nSPS) is 10.9. The molecular formula is C17H24BrNO2. The first-order valence-corrected chi connectivity index (χ1v) is 6.76. The van der Waals surface area contributed by atoms with Crippen LogP contribution in [0.1, 0.15) is 26.3 Å². The highest BCUT2D eigenvalue weighted by Crippen LogP contribution is 2.08. The van der Waals surface area contributed by atoms with E-state index >= 15 is 0 Å². The van der Waals surface area contributed by atoms with Crippen molar-refractivity contribution in [2.75, 3.05) is 27.2 Å². The second-order valence-corrected chi connectivity index (χ2v) is 6.51. The SMILES string of the molecule is CC(C)(C)OC(=O)C[N+](C)(C)CC#Cc1ccccc1.[Br-]. The largest absolute Gasteiger partial charge is 1.00 e. The van der Waals surface area contributed by atoms with E-state index in [0.29, 0.717) is 17.6 Å². The highest BCUT2D eigenvalue weighted by atomic mass is 79.9. The lowest BCUT2D eigenvalue weighted by Crippen LogP contribution is -3.00. The summed E-state index contributed by atoms with van der Waals surface area (Å²) in [5, 5.41) is 0. The molecule has 0 saturated carbocycles. The van der Waals surface area contributed by atoms with Gasteiger partial charge in [0.05, 0.1) is 14.1 Å². The van der Waals surface area contributed by atoms with Gasteiger partial charge in [-0.1, -0.05) is 24.1 Å². The maximum atomic E-state index is 11.8. The molecule has 0 N–H and O–H groups in total. The molecule has 0 aliphatic heterocycles. The van der Waals surface area contributed by atoms with Crippen LogP contribution in [0.3, 0.4) is 0 Å². The van der Waals surface area contributed by atoms with Crippen molar-refractivity contribution in [2.45, 2.75) is 26.4 Å². The smallest absolute Gasteiger partial charge is 0.362 e. The molecule has 0 aliphatic rings. The summed E-state index contributed by atoms with van der Waals surface area (Å²) in [6.07, 6.45) is 0. The van der Waals surface area contributed by atoms with E-state index in [0.717, 1.165) is 5.56 Å². The molecule has 0 spiro atoms. The molecule has 116 valence electrons. The fraction of sp³-hybridized carbons (Fsp3) is 0.471. The first kappa shape index (κ1) is 19.7. The minimum Gasteiger partial charge on any atom is -1.00 e. The van der Waals surface area contributed by atoms with E-state index < -0.39 is 5.60 Å². The first-order chi connectivity index (χ1) is 9.18. The highest BCUT2D eigenvalue weighted by molar-refractivity contribution is 5.71. The first-order valence-electron chi connectivity index (χ1n) is 6.76. The summed E-state index contributed by atoms with van der Waals surface area (Å²) in [6.45, 7) is 6.55. The number of halogens is 1. The van der Waals surface area contributed by atoms with Gasteiger partial charge < -0.3 is 26.2 Å². The number of hydrogen-bond acceptors (Lipinski definition) is 2. The number of esters is 1. The summed E-state index contributed by atoms with van der Waals surface area (Å²) >= 11 is 0. The molecule has 0 atom stereocenters. The minimum atomic E-state index is -0.438. The monoisotopic (exact) mass is 353 g/mol. The van der Waals surface area contributed by atoms with Crippen LogP contribution in [0, 0.1) is 11.8 Å². The summed E-state index contributed by atoms with van der Waals surface area (Å²) < 4.78 is 5.83. The Labute approximate surface area is 138 Å². The third kappa shape index (κ3) is 9.28. The standard InChI is InChI=1S/C17H24NO2.BrH/c1-17(2,3)20-16(19)14-18(4,5)13-9-12-15-10-7-6-8-11-15;/h6-8,10-11H,13-14H2,1-5H3;1H/q+1;/p-1. The van der Waals surface area contributed by atoms with Crippen LogP contribution >= 0.6 is 0 Å². The van der Waals surface area contributed by atoms with E-state index in [1.165, 1.54) is 0 Å². The lowest BCUT2D eigenvalue weighted by atomic mass is 10.2. The van der Waals surface area contributed by atoms with Crippen LogP contribution in [0.5, 0.6) is 0 Å². The second kappa shape index (κ2) is 8.21. The van der Waals surface area contributed by atoms with Gasteiger partial charge in [0.1, 0.15) is 12.1 Å². The maximum Gasteiger partial charge on any atom is 0.362 e. The van der Waals surface area contributed by atoms with Crippen molar-refractivity contribution >= 4 is 5.97 Å². The zero-order chi connectivity index (χ0) is 15.2. The third-order valence-corrected chi connectivity index (χ3v) is 2.49. The molecular weight excluding hydrogens is 330 g/mol. The van der Waals surface area contributed by atoms with E-state index in [9.17, 15) is 4.79 Å². The molecule has 0 aliphatic carbocycles. The molecule has 0 amide bonds. The van der Waals surface area contributed by atoms with E-state index in [2.05, 4.69) is 11.8 Å². The number of likely N-dealkylation sites (N-methyl/N-ethyl adjacent to an activating group) is 1. The molecule has 0 aromatic heterocycles. The van der Waals surface area contributed by atoms with Gasteiger partial charge in [-0.3, -0.25) is 0 Å². The van der Waals surface area contributed by atoms with Crippen molar-refractivity contribution in [3.05, 3.63) is 35.9 Å². The van der Waals surface area contributed by atoms with Gasteiger partial charge in [-0.15, -0.1) is 0 Å². The van der Waals surface area contributed by atoms with Crippen LogP contribution in [0.25, 0.3) is 0 Å². The topological polar surface area (TPSA) is 26.3 Å². The molecule has 0 radical (unpaired) electrons. The predicted octanol–water partition coefficient (Wildman–Crippen LogP) is -0.540. The van der Waals surface area contributed by atoms with Crippen molar-refractivity contribution in [3.8, 4) is 11.8 Å². The Kier molecular flexibility index (Phi) is 7.70. The average Bonchev–Trinajstić information content (AvgIpc) is 2.26. The van der Waals surface area contributed by atoms with Crippen LogP contribution in [0.4, 0.5) is 0 Å². The number of quaternary nitrogens is 1. The molecule has 0 saturated heterocycles. The summed E-state index contributed by atoms with van der Waals surface area (Å²) in [4.78, 5) is 11.8. The van der Waals surface area contributed by atoms with Crippen molar-refractivity contribution in [1.29, 1.82) is 0 Å². The Morgan fingerprint density at radius 2 is 1.76 bits per heavy atom. The second-order valence-electron chi connectivity index (χ2n) is 6.51. The molecule has 1 aromatic carbocycles. The van der Waals surface area contributed by atoms with Gasteiger partial charge in [-0.2, -0.15) is 0 Å². The Bertz CT molecular complexity index is 507. The predicted molar refractivity (Wildman–Crippen MR) is 81.0 cm³/mol. The highest BCUT2D eigenvalue weighted by Gasteiger charge is 2.24. The summed E-state index contributed by atoms with van der Waals surface area (Å²) in [5.41, 5.74) is 0.553. The summed E-state index contributed by atoms with van der Waals surface area (Å²) in [6, 6.07) is 9.84. The number of benzene rings is 1. The molecule has 21 heavy (non-hydrogen) atoms. The van der Waals surface area contributed by atoms with E-state index in [-0.39, 0.29) is 23.0 Å². The average molecular weight is 354 g/mol. The van der Waals surface area contributed by atoms with Crippen LogP contribution < -0.4 is 17.0 Å². The molecule has 4 heteroatoms. The number of rotatable bonds is 3. The summed E-state index contributed by atoms with van der Waals surface area (Å²) in [5.74, 6) is 6.04. The minimum absolute atomic E-state index is 0. The third-order valence-electron chi connectivity index (χ3n) is 2.49. The molecule has 3 nitrogen and oxygen atoms in total. The van der Waals surface area contributed by atoms with Crippen molar-refractivity contribution < 1.29 is 31.0 Å². The molecule has 1 aromatic rings. The molecule has 0 heterocycles. The Morgan fingerprint density at radius 3 is 2.29 bits per heavy atom. The van der Waals surface area contributed by atoms with Crippen molar-refractivity contribution in [2.24, 2.45) is 0 Å². The molecule has 0 bridgehead atoms. The number of nitrogens with zero attached hydrogens (tertiary/aromatic N) is 1. The lowest BCUT2D eigenvalue weighted by Gasteiger charge is -2.28. The van der Waals surface area contributed by atoms with E-state index in [1.807, 2.05) is 65.2 Å². The number of carbonyl (C=O) groups excluding carboxylic acids is 1. The fourth-order valence-corrected chi connectivity index (χ4v) is 1.66. The zero-order valence-electron chi connectivity index (χ0n) is 13.4. The van der Waals surface area contributed by atoms with Crippen LogP contribution in [0.2, 0.25) is 0 Å². The van der Waals surface area contributed by atoms with Crippen molar-refractivity contribution in [1.82, 2.24) is 0 Å². The zero-order valence-corrected chi connectivity index (χ0v) is 15.0. The quantitative estimate of drug-likeness (QED) is 0.414. The number of ether oxygens (including phenoxy) is 1. The Balaban J connectivity index is 0.00000400. The van der Waals surface area contributed by atoms with E-state index in [4.69, 9.17) is 4.74 Å². The fourth-order valence-electron chi connectivity index (χ4n) is 1.66. The van der Waals surface area contributed by atoms with Gasteiger partial charge in [0.15, 0.2) is 6.54 Å². The van der Waals surface area contributed by atoms with Gasteiger partial charge in [-0.25, -0.2) is 4.79 Å².